The van der Waals surface area contributed by atoms with Gasteiger partial charge in [-0.25, -0.2) is 4.79 Å². The Labute approximate surface area is 633 Å². The van der Waals surface area contributed by atoms with E-state index in [-0.39, 0.29) is 12.8 Å². The van der Waals surface area contributed by atoms with Gasteiger partial charge in [0.2, 0.25) is 70.9 Å². The molecule has 0 saturated carbocycles. The molecule has 111 heavy (non-hydrogen) atoms. The van der Waals surface area contributed by atoms with Crippen molar-refractivity contribution in [3.05, 3.63) is 71.8 Å². The van der Waals surface area contributed by atoms with E-state index >= 15 is 0 Å². The molecule has 2 aromatic carbocycles. The van der Waals surface area contributed by atoms with Crippen LogP contribution in [-0.4, -0.2) is 256 Å². The predicted octanol–water partition coefficient (Wildman–Crippen LogP) is -7.65. The Kier molecular flexibility index (Phi) is 41.2. The fourth-order valence-electron chi connectivity index (χ4n) is 10.4. The lowest BCUT2D eigenvalue weighted by Gasteiger charge is -2.29. The van der Waals surface area contributed by atoms with Gasteiger partial charge in [-0.15, -0.1) is 0 Å². The highest BCUT2D eigenvalue weighted by atomic mass is 16.4. The van der Waals surface area contributed by atoms with Crippen LogP contribution in [0.4, 0.5) is 0 Å². The summed E-state index contributed by atoms with van der Waals surface area (Å²) < 4.78 is 0. The van der Waals surface area contributed by atoms with Crippen molar-refractivity contribution in [1.82, 2.24) is 63.8 Å². The van der Waals surface area contributed by atoms with Crippen LogP contribution in [0.3, 0.4) is 0 Å². The van der Waals surface area contributed by atoms with E-state index in [0.717, 1.165) is 0 Å². The van der Waals surface area contributed by atoms with Crippen LogP contribution < -0.4 is 75.3 Å². The number of carboxylic acids is 7. The minimum atomic E-state index is -2.23. The summed E-state index contributed by atoms with van der Waals surface area (Å²) in [5.74, 6) is -29.3. The van der Waals surface area contributed by atoms with Gasteiger partial charge in [-0.3, -0.25) is 91.1 Å². The van der Waals surface area contributed by atoms with Crippen molar-refractivity contribution in [1.29, 1.82) is 0 Å². The summed E-state index contributed by atoms with van der Waals surface area (Å²) in [5.41, 5.74) is 9.17. The molecule has 0 aliphatic carbocycles. The van der Waals surface area contributed by atoms with Crippen molar-refractivity contribution < 1.29 is 148 Å². The van der Waals surface area contributed by atoms with Crippen LogP contribution in [0.25, 0.3) is 0 Å². The number of amides is 13. The molecule has 0 aliphatic rings. The number of quaternary nitrogens is 1. The number of aliphatic hydroxyl groups excluding tert-OH is 2. The molecule has 43 heteroatoms. The second-order valence-electron chi connectivity index (χ2n) is 26.0. The van der Waals surface area contributed by atoms with E-state index < -0.39 is 306 Å². The molecule has 26 N–H and O–H groups in total. The summed E-state index contributed by atoms with van der Waals surface area (Å²) in [7, 11) is 0. The van der Waals surface area contributed by atoms with Gasteiger partial charge < -0.3 is 121 Å². The molecular formula is C68H97N14O29+. The summed E-state index contributed by atoms with van der Waals surface area (Å²) in [6.45, 7) is 3.89. The van der Waals surface area contributed by atoms with Crippen LogP contribution in [0.2, 0.25) is 0 Å². The summed E-state index contributed by atoms with van der Waals surface area (Å²) in [5, 5.41) is 114. The summed E-state index contributed by atoms with van der Waals surface area (Å²) in [4.78, 5) is 263. The second kappa shape index (κ2) is 48.2. The van der Waals surface area contributed by atoms with Gasteiger partial charge in [0.25, 0.3) is 5.91 Å². The number of carbonyl (C=O) groups is 20. The van der Waals surface area contributed by atoms with Gasteiger partial charge in [-0.05, 0) is 55.1 Å². The van der Waals surface area contributed by atoms with Crippen molar-refractivity contribution in [3.63, 3.8) is 0 Å². The van der Waals surface area contributed by atoms with E-state index in [0.29, 0.717) is 11.1 Å². The Hall–Kier alpha value is -12.3. The maximum absolute atomic E-state index is 14.5. The summed E-state index contributed by atoms with van der Waals surface area (Å²) >= 11 is 0. The first kappa shape index (κ1) is 94.8. The number of primary amides is 1. The number of rotatable bonds is 53. The van der Waals surface area contributed by atoms with E-state index in [1.165, 1.54) is 64.1 Å². The smallest absolute Gasteiger partial charge is 0.326 e. The SMILES string of the molecule is CC[C@H](C)[C@H](NC(=O)[C@H](CC(=O)O)NC(=O)[C@H](CC(=O)O)NC(=O)[C@H](CC(C)C)NC(=O)[C@H](CO)NC(=O)[C@H](Cc1ccccc1)NC(=O)[C@H](CCC(=O)O)NC(=O)[C@H](CCC(=O)O)NC(=O)[C@H](Cc1ccccc1)NC(=O)[C@H](CC(=O)O)NC(=O)[C@@H]([NH3+])CO)C(=O)N[C@@H](CCC(=O)O)C(=O)N[C@@H](CCC(N)=O)C(=O)O. The minimum absolute atomic E-state index is 0.0523. The van der Waals surface area contributed by atoms with Crippen molar-refractivity contribution in [2.24, 2.45) is 17.6 Å². The molecule has 0 fully saturated rings. The Balaban J connectivity index is 2.57. The number of hydrogen-bond donors (Lipinski definition) is 23. The van der Waals surface area contributed by atoms with Gasteiger partial charge >= 0.3 is 41.8 Å². The highest BCUT2D eigenvalue weighted by molar-refractivity contribution is 6.01. The predicted molar refractivity (Wildman–Crippen MR) is 377 cm³/mol. The summed E-state index contributed by atoms with van der Waals surface area (Å²) in [6, 6.07) is -9.16. The maximum atomic E-state index is 14.5. The van der Waals surface area contributed by atoms with Crippen LogP contribution in [0.1, 0.15) is 122 Å². The minimum Gasteiger partial charge on any atom is -0.481 e. The van der Waals surface area contributed by atoms with Gasteiger partial charge in [0.1, 0.15) is 79.1 Å². The number of nitrogens with one attached hydrogen (secondary N) is 12. The molecule has 0 aromatic heterocycles. The Bertz CT molecular complexity index is 3640. The first-order chi connectivity index (χ1) is 52.1. The largest absolute Gasteiger partial charge is 0.481 e. The number of hydrogen-bond acceptors (Lipinski definition) is 22. The molecule has 0 saturated heterocycles. The second-order valence-corrected chi connectivity index (χ2v) is 26.0. The highest BCUT2D eigenvalue weighted by Crippen LogP contribution is 2.15. The average molecular weight is 1570 g/mol. The van der Waals surface area contributed by atoms with Crippen LogP contribution in [0, 0.1) is 11.8 Å². The van der Waals surface area contributed by atoms with E-state index in [2.05, 4.69) is 64.2 Å². The number of benzene rings is 2. The lowest BCUT2D eigenvalue weighted by molar-refractivity contribution is -0.409. The lowest BCUT2D eigenvalue weighted by atomic mass is 9.96. The van der Waals surface area contributed by atoms with E-state index in [4.69, 9.17) is 5.73 Å². The topological polar surface area (TPSA) is 721 Å². The Morgan fingerprint density at radius 1 is 0.342 bits per heavy atom. The fraction of sp³-hybridized carbons (Fsp3) is 0.529. The molecule has 0 aliphatic heterocycles. The Morgan fingerprint density at radius 3 is 0.964 bits per heavy atom. The standard InChI is InChI=1S/C68H96N14O29/c1-5-33(4)55(67(109)73-39(19-23-51(90)91)58(100)74-40(68(110)111)16-20-48(70)85)82-65(107)46(29-54(96)97)80-64(106)45(28-53(94)95)79-60(102)41(24-32(2)3)76-66(108)47(31-84)81-62(104)43(26-35-14-10-7-11-15-35)77-59(101)38(18-22-50(88)89)71-57(99)37(17-21-49(86)87)72-61(103)42(25-34-12-8-6-9-13-34)78-63(105)44(27-52(92)93)75-56(98)36(69)30-83/h6-15,32-33,36-47,55,83-84H,5,16-31,69H2,1-4H3,(H2,70,85)(H,71,99)(H,72,103)(H,73,109)(H,74,100)(H,75,98)(H,76,108)(H,77,101)(H,78,105)(H,79,102)(H,80,106)(H,81,104)(H,82,107)(H,86,87)(H,88,89)(H,90,91)(H,92,93)(H,94,95)(H,96,97)(H,110,111)/p+1/t33-,36-,37-,38-,39-,40-,41-,42-,43-,44-,45-,46-,47-,55-/m0/s1. The van der Waals surface area contributed by atoms with Gasteiger partial charge in [-0.2, -0.15) is 0 Å². The zero-order valence-electron chi connectivity index (χ0n) is 60.9. The number of carboxylic acid groups (broad SMARTS) is 7. The van der Waals surface area contributed by atoms with Crippen LogP contribution in [0.15, 0.2) is 60.7 Å². The molecule has 13 amide bonds. The summed E-state index contributed by atoms with van der Waals surface area (Å²) in [6.07, 6.45) is -10.6. The van der Waals surface area contributed by atoms with E-state index in [1.54, 1.807) is 24.3 Å². The lowest BCUT2D eigenvalue weighted by Crippen LogP contribution is -2.70. The maximum Gasteiger partial charge on any atom is 0.326 e. The van der Waals surface area contributed by atoms with Crippen molar-refractivity contribution in [2.75, 3.05) is 13.2 Å². The third-order valence-corrected chi connectivity index (χ3v) is 16.5. The fourth-order valence-corrected chi connectivity index (χ4v) is 10.4. The molecule has 14 atom stereocenters. The molecule has 43 nitrogen and oxygen atoms in total. The van der Waals surface area contributed by atoms with Crippen LogP contribution in [0.5, 0.6) is 0 Å². The van der Waals surface area contributed by atoms with Gasteiger partial charge in [-0.1, -0.05) is 94.8 Å². The average Bonchev–Trinajstić information content (AvgIpc) is 0.853. The molecular weight excluding hydrogens is 1480 g/mol. The monoisotopic (exact) mass is 1570 g/mol. The van der Waals surface area contributed by atoms with Crippen molar-refractivity contribution >= 4 is 119 Å². The third kappa shape index (κ3) is 36.0. The van der Waals surface area contributed by atoms with Crippen molar-refractivity contribution in [2.45, 2.75) is 203 Å². The number of nitrogens with two attached hydrogens (primary N) is 1. The number of aliphatic carboxylic acids is 7. The first-order valence-corrected chi connectivity index (χ1v) is 34.7. The molecule has 0 unspecified atom stereocenters. The van der Waals surface area contributed by atoms with E-state index in [1.807, 2.05) is 5.32 Å². The zero-order valence-corrected chi connectivity index (χ0v) is 60.9. The quantitative estimate of drug-likeness (QED) is 0.0292. The molecule has 2 aromatic rings. The molecule has 612 valence electrons. The first-order valence-electron chi connectivity index (χ1n) is 34.7. The molecule has 0 radical (unpaired) electrons. The van der Waals surface area contributed by atoms with Gasteiger partial charge in [0.15, 0.2) is 6.04 Å². The van der Waals surface area contributed by atoms with Crippen LogP contribution >= 0.6 is 0 Å². The van der Waals surface area contributed by atoms with Gasteiger partial charge in [0.05, 0.1) is 25.9 Å². The molecule has 0 heterocycles. The molecule has 0 spiro atoms. The Morgan fingerprint density at radius 2 is 0.631 bits per heavy atom. The third-order valence-electron chi connectivity index (χ3n) is 16.5. The van der Waals surface area contributed by atoms with Crippen molar-refractivity contribution in [3.8, 4) is 0 Å². The van der Waals surface area contributed by atoms with E-state index in [9.17, 15) is 142 Å². The zero-order chi connectivity index (χ0) is 83.9. The number of carbonyl (C=O) groups excluding carboxylic acids is 13. The molecule has 2 rings (SSSR count). The highest BCUT2D eigenvalue weighted by Gasteiger charge is 2.40. The van der Waals surface area contributed by atoms with Crippen LogP contribution in [-0.2, 0) is 109 Å². The van der Waals surface area contributed by atoms with Gasteiger partial charge in [0, 0.05) is 38.5 Å². The number of aliphatic hydroxyl groups is 2. The normalized spacial score (nSPS) is 14.7. The molecule has 0 bridgehead atoms.